The second-order valence-electron chi connectivity index (χ2n) is 5.79. The molecule has 4 nitrogen and oxygen atoms in total. The molecular formula is C18H27NO3. The molecule has 0 bridgehead atoms. The van der Waals surface area contributed by atoms with E-state index in [1.807, 2.05) is 6.07 Å². The Morgan fingerprint density at radius 2 is 2.23 bits per heavy atom. The lowest BCUT2D eigenvalue weighted by Crippen LogP contribution is -2.40. The molecule has 1 aromatic rings. The number of para-hydroxylation sites is 1. The van der Waals surface area contributed by atoms with Crippen LogP contribution in [-0.2, 0) is 0 Å². The van der Waals surface area contributed by atoms with Crippen LogP contribution in [0.15, 0.2) is 18.2 Å². The SMILES string of the molecule is CC[C@@H]1CCCCN1CCCOc1c(C=O)cccc1OC. The smallest absolute Gasteiger partial charge is 0.171 e. The maximum absolute atomic E-state index is 11.1. The van der Waals surface area contributed by atoms with Gasteiger partial charge in [0.05, 0.1) is 19.3 Å². The van der Waals surface area contributed by atoms with Gasteiger partial charge in [-0.15, -0.1) is 0 Å². The van der Waals surface area contributed by atoms with Crippen LogP contribution in [0, 0.1) is 0 Å². The van der Waals surface area contributed by atoms with Crippen LogP contribution in [0.5, 0.6) is 11.5 Å². The third kappa shape index (κ3) is 4.23. The number of likely N-dealkylation sites (tertiary alicyclic amines) is 1. The van der Waals surface area contributed by atoms with Gasteiger partial charge in [0, 0.05) is 12.6 Å². The maximum Gasteiger partial charge on any atom is 0.171 e. The fraction of sp³-hybridized carbons (Fsp3) is 0.611. The van der Waals surface area contributed by atoms with E-state index in [0.717, 1.165) is 25.3 Å². The first-order valence-corrected chi connectivity index (χ1v) is 8.29. The monoisotopic (exact) mass is 305 g/mol. The van der Waals surface area contributed by atoms with Gasteiger partial charge in [-0.2, -0.15) is 0 Å². The number of nitrogens with zero attached hydrogens (tertiary/aromatic N) is 1. The zero-order valence-electron chi connectivity index (χ0n) is 13.7. The first-order valence-electron chi connectivity index (χ1n) is 8.29. The number of carbonyl (C=O) groups excluding carboxylic acids is 1. The summed E-state index contributed by atoms with van der Waals surface area (Å²) in [5, 5.41) is 0. The number of aldehydes is 1. The summed E-state index contributed by atoms with van der Waals surface area (Å²) in [6.07, 6.45) is 6.98. The Kier molecular flexibility index (Phi) is 6.72. The summed E-state index contributed by atoms with van der Waals surface area (Å²) < 4.78 is 11.1. The van der Waals surface area contributed by atoms with Gasteiger partial charge < -0.3 is 14.4 Å². The number of methoxy groups -OCH3 is 1. The Labute approximate surface area is 133 Å². The molecule has 2 rings (SSSR count). The molecule has 1 heterocycles. The Bertz CT molecular complexity index is 475. The number of ether oxygens (including phenoxy) is 2. The van der Waals surface area contributed by atoms with Crippen LogP contribution in [0.1, 0.15) is 49.4 Å². The van der Waals surface area contributed by atoms with E-state index in [2.05, 4.69) is 11.8 Å². The average molecular weight is 305 g/mol. The number of carbonyl (C=O) groups is 1. The average Bonchev–Trinajstić information content (AvgIpc) is 2.58. The van der Waals surface area contributed by atoms with Crippen molar-refractivity contribution in [3.05, 3.63) is 23.8 Å². The summed E-state index contributed by atoms with van der Waals surface area (Å²) in [5.74, 6) is 1.18. The molecule has 1 fully saturated rings. The second kappa shape index (κ2) is 8.79. The van der Waals surface area contributed by atoms with Gasteiger partial charge in [0.25, 0.3) is 0 Å². The summed E-state index contributed by atoms with van der Waals surface area (Å²) in [6, 6.07) is 6.10. The quantitative estimate of drug-likeness (QED) is 0.544. The maximum atomic E-state index is 11.1. The molecule has 0 aliphatic carbocycles. The van der Waals surface area contributed by atoms with Crippen molar-refractivity contribution in [2.45, 2.75) is 45.1 Å². The van der Waals surface area contributed by atoms with Crippen LogP contribution in [0.25, 0.3) is 0 Å². The largest absolute Gasteiger partial charge is 0.493 e. The molecule has 122 valence electrons. The van der Waals surface area contributed by atoms with Crippen molar-refractivity contribution in [3.8, 4) is 11.5 Å². The number of hydrogen-bond donors (Lipinski definition) is 0. The van der Waals surface area contributed by atoms with Gasteiger partial charge in [0.15, 0.2) is 17.8 Å². The highest BCUT2D eigenvalue weighted by molar-refractivity contribution is 5.81. The van der Waals surface area contributed by atoms with Crippen molar-refractivity contribution >= 4 is 6.29 Å². The van der Waals surface area contributed by atoms with Crippen molar-refractivity contribution in [2.24, 2.45) is 0 Å². The molecule has 0 N–H and O–H groups in total. The lowest BCUT2D eigenvalue weighted by atomic mass is 10.00. The van der Waals surface area contributed by atoms with Crippen molar-refractivity contribution in [2.75, 3.05) is 26.8 Å². The molecule has 0 unspecified atom stereocenters. The molecule has 22 heavy (non-hydrogen) atoms. The predicted octanol–water partition coefficient (Wildman–Crippen LogP) is 3.54. The minimum Gasteiger partial charge on any atom is -0.493 e. The molecule has 1 atom stereocenters. The molecule has 4 heteroatoms. The molecule has 0 saturated carbocycles. The summed E-state index contributed by atoms with van der Waals surface area (Å²) >= 11 is 0. The van der Waals surface area contributed by atoms with Crippen LogP contribution in [-0.4, -0.2) is 44.0 Å². The van der Waals surface area contributed by atoms with Crippen LogP contribution in [0.3, 0.4) is 0 Å². The van der Waals surface area contributed by atoms with Gasteiger partial charge in [-0.3, -0.25) is 4.79 Å². The number of rotatable bonds is 8. The highest BCUT2D eigenvalue weighted by atomic mass is 16.5. The third-order valence-electron chi connectivity index (χ3n) is 4.41. The van der Waals surface area contributed by atoms with Crippen LogP contribution in [0.2, 0.25) is 0 Å². The van der Waals surface area contributed by atoms with Gasteiger partial charge in [-0.25, -0.2) is 0 Å². The molecule has 0 amide bonds. The molecule has 0 aromatic heterocycles. The summed E-state index contributed by atoms with van der Waals surface area (Å²) in [4.78, 5) is 13.7. The van der Waals surface area contributed by atoms with Gasteiger partial charge in [-0.1, -0.05) is 19.4 Å². The van der Waals surface area contributed by atoms with Crippen molar-refractivity contribution in [1.82, 2.24) is 4.90 Å². The van der Waals surface area contributed by atoms with Crippen molar-refractivity contribution < 1.29 is 14.3 Å². The third-order valence-corrected chi connectivity index (χ3v) is 4.41. The van der Waals surface area contributed by atoms with Crippen molar-refractivity contribution in [3.63, 3.8) is 0 Å². The molecule has 1 aliphatic rings. The Morgan fingerprint density at radius 1 is 1.36 bits per heavy atom. The first kappa shape index (κ1) is 16.8. The standard InChI is InChI=1S/C18H27NO3/c1-3-16-9-4-5-11-19(16)12-7-13-22-18-15(14-20)8-6-10-17(18)21-2/h6,8,10,14,16H,3-5,7,9,11-13H2,1-2H3/t16-/m1/s1. The summed E-state index contributed by atoms with van der Waals surface area (Å²) in [5.41, 5.74) is 0.545. The Morgan fingerprint density at radius 3 is 2.95 bits per heavy atom. The number of piperidine rings is 1. The van der Waals surface area contributed by atoms with Crippen LogP contribution in [0.4, 0.5) is 0 Å². The van der Waals surface area contributed by atoms with E-state index in [1.165, 1.54) is 32.2 Å². The highest BCUT2D eigenvalue weighted by Gasteiger charge is 2.20. The van der Waals surface area contributed by atoms with Gasteiger partial charge in [0.1, 0.15) is 0 Å². The minimum absolute atomic E-state index is 0.545. The lowest BCUT2D eigenvalue weighted by molar-refractivity contribution is 0.111. The zero-order valence-corrected chi connectivity index (χ0v) is 13.7. The van der Waals surface area contributed by atoms with Gasteiger partial charge >= 0.3 is 0 Å². The number of hydrogen-bond acceptors (Lipinski definition) is 4. The molecule has 0 spiro atoms. The predicted molar refractivity (Wildman–Crippen MR) is 88.0 cm³/mol. The van der Waals surface area contributed by atoms with E-state index in [1.54, 1.807) is 19.2 Å². The van der Waals surface area contributed by atoms with E-state index in [9.17, 15) is 4.79 Å². The Balaban J connectivity index is 1.85. The highest BCUT2D eigenvalue weighted by Crippen LogP contribution is 2.30. The fourth-order valence-electron chi connectivity index (χ4n) is 3.20. The van der Waals surface area contributed by atoms with E-state index >= 15 is 0 Å². The molecule has 0 radical (unpaired) electrons. The van der Waals surface area contributed by atoms with E-state index in [0.29, 0.717) is 23.7 Å². The zero-order chi connectivity index (χ0) is 15.8. The normalized spacial score (nSPS) is 18.9. The van der Waals surface area contributed by atoms with Gasteiger partial charge in [-0.05, 0) is 44.4 Å². The fourth-order valence-corrected chi connectivity index (χ4v) is 3.20. The topological polar surface area (TPSA) is 38.8 Å². The number of benzene rings is 1. The molecule has 1 aliphatic heterocycles. The minimum atomic E-state index is 0.545. The first-order chi connectivity index (χ1) is 10.8. The second-order valence-corrected chi connectivity index (χ2v) is 5.79. The lowest BCUT2D eigenvalue weighted by Gasteiger charge is -2.35. The summed E-state index contributed by atoms with van der Waals surface area (Å²) in [7, 11) is 1.59. The van der Waals surface area contributed by atoms with E-state index < -0.39 is 0 Å². The molecule has 1 aromatic carbocycles. The molecule has 1 saturated heterocycles. The Hall–Kier alpha value is -1.55. The summed E-state index contributed by atoms with van der Waals surface area (Å²) in [6.45, 7) is 5.13. The van der Waals surface area contributed by atoms with Crippen LogP contribution < -0.4 is 9.47 Å². The van der Waals surface area contributed by atoms with E-state index in [4.69, 9.17) is 9.47 Å². The van der Waals surface area contributed by atoms with E-state index in [-0.39, 0.29) is 0 Å². The molecular weight excluding hydrogens is 278 g/mol. The van der Waals surface area contributed by atoms with Gasteiger partial charge in [0.2, 0.25) is 0 Å². The van der Waals surface area contributed by atoms with Crippen LogP contribution >= 0.6 is 0 Å². The van der Waals surface area contributed by atoms with Crippen molar-refractivity contribution in [1.29, 1.82) is 0 Å².